The molecule has 0 saturated carbocycles. The van der Waals surface area contributed by atoms with Crippen LogP contribution in [0.2, 0.25) is 0 Å². The zero-order valence-electron chi connectivity index (χ0n) is 18.7. The number of alkyl halides is 3. The summed E-state index contributed by atoms with van der Waals surface area (Å²) in [5.74, 6) is -1.74. The summed E-state index contributed by atoms with van der Waals surface area (Å²) in [6.45, 7) is 4.11. The Morgan fingerprint density at radius 2 is 1.79 bits per heavy atom. The molecule has 2 aromatic rings. The van der Waals surface area contributed by atoms with Crippen molar-refractivity contribution in [3.8, 4) is 11.1 Å². The second-order valence-corrected chi connectivity index (χ2v) is 9.49. The van der Waals surface area contributed by atoms with E-state index in [4.69, 9.17) is 9.05 Å². The lowest BCUT2D eigenvalue weighted by atomic mass is 9.90. The van der Waals surface area contributed by atoms with Crippen molar-refractivity contribution in [2.45, 2.75) is 39.3 Å². The minimum atomic E-state index is -4.54. The number of hydrogen-bond acceptors (Lipinski definition) is 4. The van der Waals surface area contributed by atoms with Crippen molar-refractivity contribution >= 4 is 18.8 Å². The van der Waals surface area contributed by atoms with Crippen molar-refractivity contribution in [3.05, 3.63) is 65.2 Å². The SMILES string of the molecule is CC=CCc1ccc(P(=O)(OCC)OCC)c2c1C(C(=O)NCC(F)(F)F)c1ccccc1-2. The number of hydrogen-bond donors (Lipinski definition) is 1. The number of allylic oxidation sites excluding steroid dienone is 2. The van der Waals surface area contributed by atoms with E-state index in [2.05, 4.69) is 0 Å². The molecule has 1 unspecified atom stereocenters. The van der Waals surface area contributed by atoms with Crippen LogP contribution in [0, 0.1) is 0 Å². The second kappa shape index (κ2) is 10.2. The van der Waals surface area contributed by atoms with Crippen molar-refractivity contribution in [1.29, 1.82) is 0 Å². The van der Waals surface area contributed by atoms with E-state index in [9.17, 15) is 22.5 Å². The lowest BCUT2D eigenvalue weighted by Crippen LogP contribution is -2.37. The highest BCUT2D eigenvalue weighted by molar-refractivity contribution is 7.62. The van der Waals surface area contributed by atoms with Gasteiger partial charge in [-0.15, -0.1) is 0 Å². The third-order valence-corrected chi connectivity index (χ3v) is 7.49. The van der Waals surface area contributed by atoms with Crippen LogP contribution in [0.5, 0.6) is 0 Å². The van der Waals surface area contributed by atoms with Gasteiger partial charge in [0, 0.05) is 5.56 Å². The third-order valence-electron chi connectivity index (χ3n) is 5.34. The van der Waals surface area contributed by atoms with E-state index in [0.29, 0.717) is 34.0 Å². The van der Waals surface area contributed by atoms with Gasteiger partial charge in [-0.25, -0.2) is 0 Å². The van der Waals surface area contributed by atoms with Crippen LogP contribution in [0.4, 0.5) is 13.2 Å². The highest BCUT2D eigenvalue weighted by Crippen LogP contribution is 2.54. The van der Waals surface area contributed by atoms with E-state index >= 15 is 0 Å². The molecule has 0 radical (unpaired) electrons. The first kappa shape index (κ1) is 25.2. The smallest absolute Gasteiger partial charge is 0.346 e. The van der Waals surface area contributed by atoms with Crippen LogP contribution in [0.15, 0.2) is 48.6 Å². The molecule has 0 fully saturated rings. The number of rotatable bonds is 9. The van der Waals surface area contributed by atoms with Gasteiger partial charge in [-0.2, -0.15) is 13.2 Å². The Labute approximate surface area is 191 Å². The Morgan fingerprint density at radius 1 is 1.12 bits per heavy atom. The standard InChI is InChI=1S/C24H27F3NO4P/c1-4-7-10-16-13-14-19(33(30,31-5-2)32-6-3)21-17-11-8-9-12-18(17)22(20(16)21)23(29)28-15-24(25,26)27/h4,7-9,11-14,22H,5-6,10,15H2,1-3H3,(H,28,29). The average Bonchev–Trinajstić information content (AvgIpc) is 3.11. The summed E-state index contributed by atoms with van der Waals surface area (Å²) < 4.78 is 63.4. The topological polar surface area (TPSA) is 64.6 Å². The van der Waals surface area contributed by atoms with Crippen LogP contribution in [-0.2, 0) is 24.8 Å². The summed E-state index contributed by atoms with van der Waals surface area (Å²) in [7, 11) is -3.74. The van der Waals surface area contributed by atoms with Crippen molar-refractivity contribution in [2.24, 2.45) is 0 Å². The van der Waals surface area contributed by atoms with Gasteiger partial charge in [0.15, 0.2) is 0 Å². The molecule has 5 nitrogen and oxygen atoms in total. The molecule has 2 aromatic carbocycles. The quantitative estimate of drug-likeness (QED) is 0.380. The summed E-state index contributed by atoms with van der Waals surface area (Å²) in [6.07, 6.45) is -0.324. The number of amides is 1. The van der Waals surface area contributed by atoms with E-state index in [-0.39, 0.29) is 13.2 Å². The molecule has 178 valence electrons. The molecule has 1 atom stereocenters. The zero-order valence-corrected chi connectivity index (χ0v) is 19.6. The largest absolute Gasteiger partial charge is 0.405 e. The molecule has 1 aliphatic carbocycles. The van der Waals surface area contributed by atoms with Crippen LogP contribution in [0.1, 0.15) is 43.4 Å². The minimum absolute atomic E-state index is 0.142. The summed E-state index contributed by atoms with van der Waals surface area (Å²) >= 11 is 0. The van der Waals surface area contributed by atoms with Crippen molar-refractivity contribution in [1.82, 2.24) is 5.32 Å². The first-order chi connectivity index (χ1) is 15.7. The number of carbonyl (C=O) groups excluding carboxylic acids is 1. The molecule has 3 rings (SSSR count). The highest BCUT2D eigenvalue weighted by Gasteiger charge is 2.42. The molecule has 33 heavy (non-hydrogen) atoms. The maximum absolute atomic E-state index is 13.7. The first-order valence-corrected chi connectivity index (χ1v) is 12.3. The van der Waals surface area contributed by atoms with Gasteiger partial charge in [0.25, 0.3) is 0 Å². The monoisotopic (exact) mass is 481 g/mol. The first-order valence-electron chi connectivity index (χ1n) is 10.8. The fourth-order valence-corrected chi connectivity index (χ4v) is 5.93. The van der Waals surface area contributed by atoms with Crippen LogP contribution in [0.3, 0.4) is 0 Å². The van der Waals surface area contributed by atoms with Gasteiger partial charge < -0.3 is 14.4 Å². The Balaban J connectivity index is 2.27. The number of nitrogens with one attached hydrogen (secondary N) is 1. The van der Waals surface area contributed by atoms with E-state index in [1.807, 2.05) is 24.4 Å². The average molecular weight is 481 g/mol. The second-order valence-electron chi connectivity index (χ2n) is 7.49. The Bertz CT molecular complexity index is 1090. The Hall–Kier alpha value is -2.41. The van der Waals surface area contributed by atoms with Crippen LogP contribution < -0.4 is 10.6 Å². The summed E-state index contributed by atoms with van der Waals surface area (Å²) in [4.78, 5) is 13.1. The Kier molecular flexibility index (Phi) is 7.83. The van der Waals surface area contributed by atoms with Gasteiger partial charge in [-0.1, -0.05) is 42.5 Å². The number of benzene rings is 2. The Morgan fingerprint density at radius 3 is 2.39 bits per heavy atom. The van der Waals surface area contributed by atoms with Gasteiger partial charge in [0.1, 0.15) is 6.54 Å². The molecule has 9 heteroatoms. The maximum Gasteiger partial charge on any atom is 0.405 e. The molecule has 1 amide bonds. The van der Waals surface area contributed by atoms with E-state index in [1.54, 1.807) is 50.2 Å². The molecular weight excluding hydrogens is 454 g/mol. The van der Waals surface area contributed by atoms with Crippen LogP contribution >= 0.6 is 7.60 Å². The van der Waals surface area contributed by atoms with Gasteiger partial charge in [0.05, 0.1) is 24.4 Å². The van der Waals surface area contributed by atoms with Crippen molar-refractivity contribution in [3.63, 3.8) is 0 Å². The summed E-state index contributed by atoms with van der Waals surface area (Å²) in [6, 6.07) is 10.4. The predicted octanol–water partition coefficient (Wildman–Crippen LogP) is 5.49. The molecule has 1 N–H and O–H groups in total. The maximum atomic E-state index is 13.7. The van der Waals surface area contributed by atoms with Gasteiger partial charge >= 0.3 is 13.8 Å². The molecule has 1 aliphatic rings. The normalized spacial score (nSPS) is 15.5. The lowest BCUT2D eigenvalue weighted by Gasteiger charge is -2.22. The van der Waals surface area contributed by atoms with E-state index in [1.165, 1.54) is 0 Å². The number of carbonyl (C=O) groups is 1. The zero-order chi connectivity index (χ0) is 24.2. The molecule has 0 heterocycles. The van der Waals surface area contributed by atoms with Crippen molar-refractivity contribution in [2.75, 3.05) is 19.8 Å². The van der Waals surface area contributed by atoms with E-state index in [0.717, 1.165) is 5.56 Å². The molecule has 0 aromatic heterocycles. The summed E-state index contributed by atoms with van der Waals surface area (Å²) in [5.41, 5.74) is 3.02. The van der Waals surface area contributed by atoms with Crippen LogP contribution in [-0.4, -0.2) is 31.8 Å². The van der Waals surface area contributed by atoms with Gasteiger partial charge in [-0.3, -0.25) is 9.36 Å². The molecule has 0 saturated heterocycles. The van der Waals surface area contributed by atoms with Gasteiger partial charge in [0.2, 0.25) is 5.91 Å². The third kappa shape index (κ3) is 5.24. The van der Waals surface area contributed by atoms with Crippen molar-refractivity contribution < 1.29 is 31.6 Å². The molecular formula is C24H27F3NO4P. The predicted molar refractivity (Wildman–Crippen MR) is 122 cm³/mol. The van der Waals surface area contributed by atoms with Crippen LogP contribution in [0.25, 0.3) is 11.1 Å². The fraction of sp³-hybridized carbons (Fsp3) is 0.375. The van der Waals surface area contributed by atoms with E-state index < -0.39 is 32.1 Å². The number of fused-ring (bicyclic) bond motifs is 3. The molecule has 0 aliphatic heterocycles. The highest BCUT2D eigenvalue weighted by atomic mass is 31.2. The van der Waals surface area contributed by atoms with Gasteiger partial charge in [-0.05, 0) is 55.5 Å². The molecule has 0 spiro atoms. The minimum Gasteiger partial charge on any atom is -0.346 e. The number of halogens is 3. The summed E-state index contributed by atoms with van der Waals surface area (Å²) in [5, 5.41) is 2.33. The fourth-order valence-electron chi connectivity index (χ4n) is 4.12. The lowest BCUT2D eigenvalue weighted by molar-refractivity contribution is -0.138. The molecule has 0 bridgehead atoms.